The van der Waals surface area contributed by atoms with Gasteiger partial charge in [-0.25, -0.2) is 13.6 Å². The smallest absolute Gasteiger partial charge is 0.337 e. The van der Waals surface area contributed by atoms with Crippen LogP contribution in [0.1, 0.15) is 45.5 Å². The Hall–Kier alpha value is -2.27. The molecule has 3 rings (SSSR count). The summed E-state index contributed by atoms with van der Waals surface area (Å²) >= 11 is 2.12. The van der Waals surface area contributed by atoms with Crippen molar-refractivity contribution in [2.45, 2.75) is 26.2 Å². The zero-order chi connectivity index (χ0) is 22.5. The summed E-state index contributed by atoms with van der Waals surface area (Å²) in [4.78, 5) is 26.4. The molecule has 0 atom stereocenters. The number of likely N-dealkylation sites (tertiary alicyclic amines) is 1. The predicted octanol–water partition coefficient (Wildman–Crippen LogP) is 4.54. The van der Waals surface area contributed by atoms with Gasteiger partial charge in [0.05, 0.1) is 16.8 Å². The third kappa shape index (κ3) is 5.70. The molecule has 1 fully saturated rings. The number of nitrogens with zero attached hydrogens (tertiary/aromatic N) is 1. The van der Waals surface area contributed by atoms with Crippen molar-refractivity contribution in [3.8, 4) is 0 Å². The molecular formula is C22H24F2IN3O3. The fourth-order valence-electron chi connectivity index (χ4n) is 3.59. The fourth-order valence-corrected chi connectivity index (χ4v) is 4.24. The molecule has 1 aliphatic rings. The molecule has 0 saturated carbocycles. The highest BCUT2D eigenvalue weighted by Crippen LogP contribution is 2.30. The number of aromatic carboxylic acids is 1. The standard InChI is InChI=1S/C22H24F2IN3O3/c1-13-11-14(25)5-6-17(13)27-20-16(22(30)31)12-15(18(23)19(20)24)21(29)26-7-10-28-8-3-2-4-9-28/h5-6,11-12,27H,2-4,7-10H2,1H3,(H,26,29)(H,30,31). The second-order valence-electron chi connectivity index (χ2n) is 7.52. The molecular weight excluding hydrogens is 519 g/mol. The number of carboxylic acids is 1. The van der Waals surface area contributed by atoms with E-state index in [4.69, 9.17) is 0 Å². The van der Waals surface area contributed by atoms with Gasteiger partial charge in [0, 0.05) is 22.3 Å². The summed E-state index contributed by atoms with van der Waals surface area (Å²) in [7, 11) is 0. The maximum Gasteiger partial charge on any atom is 0.337 e. The summed E-state index contributed by atoms with van der Waals surface area (Å²) in [6.07, 6.45) is 3.39. The number of rotatable bonds is 7. The van der Waals surface area contributed by atoms with Crippen LogP contribution in [-0.2, 0) is 0 Å². The van der Waals surface area contributed by atoms with E-state index in [0.29, 0.717) is 12.2 Å². The summed E-state index contributed by atoms with van der Waals surface area (Å²) in [6, 6.07) is 6.11. The number of carbonyl (C=O) groups excluding carboxylic acids is 1. The first kappa shape index (κ1) is 23.4. The molecule has 9 heteroatoms. The maximum absolute atomic E-state index is 14.9. The summed E-state index contributed by atoms with van der Waals surface area (Å²) < 4.78 is 30.5. The highest BCUT2D eigenvalue weighted by Gasteiger charge is 2.26. The van der Waals surface area contributed by atoms with Crippen molar-refractivity contribution in [3.63, 3.8) is 0 Å². The minimum absolute atomic E-state index is 0.268. The molecule has 2 aromatic rings. The number of aryl methyl sites for hydroxylation is 1. The first-order chi connectivity index (χ1) is 14.8. The van der Waals surface area contributed by atoms with Crippen molar-refractivity contribution < 1.29 is 23.5 Å². The monoisotopic (exact) mass is 543 g/mol. The number of hydrogen-bond acceptors (Lipinski definition) is 4. The number of nitrogens with one attached hydrogen (secondary N) is 2. The molecule has 0 radical (unpaired) electrons. The molecule has 0 aliphatic carbocycles. The lowest BCUT2D eigenvalue weighted by atomic mass is 10.0. The molecule has 1 amide bonds. The van der Waals surface area contributed by atoms with Crippen molar-refractivity contribution in [3.05, 3.63) is 56.2 Å². The van der Waals surface area contributed by atoms with Crippen LogP contribution in [0.25, 0.3) is 0 Å². The van der Waals surface area contributed by atoms with Crippen LogP contribution in [0.2, 0.25) is 0 Å². The molecule has 6 nitrogen and oxygen atoms in total. The Kier molecular flexibility index (Phi) is 7.82. The quantitative estimate of drug-likeness (QED) is 0.447. The number of anilines is 2. The molecule has 2 aromatic carbocycles. The summed E-state index contributed by atoms with van der Waals surface area (Å²) in [6.45, 7) is 4.53. The van der Waals surface area contributed by atoms with Gasteiger partial charge in [0.25, 0.3) is 5.91 Å². The molecule has 1 saturated heterocycles. The van der Waals surface area contributed by atoms with Crippen LogP contribution in [0, 0.1) is 22.1 Å². The normalized spacial score (nSPS) is 14.3. The fraction of sp³-hybridized carbons (Fsp3) is 0.364. The lowest BCUT2D eigenvalue weighted by Crippen LogP contribution is -2.38. The first-order valence-electron chi connectivity index (χ1n) is 10.1. The summed E-state index contributed by atoms with van der Waals surface area (Å²) in [5, 5.41) is 14.8. The van der Waals surface area contributed by atoms with Crippen LogP contribution in [-0.4, -0.2) is 48.1 Å². The maximum atomic E-state index is 14.9. The third-order valence-corrected chi connectivity index (χ3v) is 5.96. The Bertz CT molecular complexity index is 994. The average Bonchev–Trinajstić information content (AvgIpc) is 2.73. The Balaban J connectivity index is 1.82. The number of piperidine rings is 1. The van der Waals surface area contributed by atoms with E-state index in [1.807, 2.05) is 6.07 Å². The van der Waals surface area contributed by atoms with E-state index in [9.17, 15) is 23.5 Å². The van der Waals surface area contributed by atoms with E-state index in [1.165, 1.54) is 6.42 Å². The van der Waals surface area contributed by atoms with Gasteiger partial charge >= 0.3 is 5.97 Å². The Morgan fingerprint density at radius 2 is 1.81 bits per heavy atom. The van der Waals surface area contributed by atoms with Crippen molar-refractivity contribution in [2.75, 3.05) is 31.5 Å². The number of halogens is 3. The van der Waals surface area contributed by atoms with Gasteiger partial charge in [-0.05, 0) is 85.3 Å². The zero-order valence-electron chi connectivity index (χ0n) is 17.1. The minimum atomic E-state index is -1.47. The van der Waals surface area contributed by atoms with Crippen molar-refractivity contribution in [1.82, 2.24) is 10.2 Å². The molecule has 1 aliphatic heterocycles. The third-order valence-electron chi connectivity index (χ3n) is 5.29. The first-order valence-corrected chi connectivity index (χ1v) is 11.1. The molecule has 0 aromatic heterocycles. The van der Waals surface area contributed by atoms with Crippen LogP contribution in [0.4, 0.5) is 20.2 Å². The highest BCUT2D eigenvalue weighted by molar-refractivity contribution is 14.1. The molecule has 0 bridgehead atoms. The van der Waals surface area contributed by atoms with Gasteiger partial charge in [0.2, 0.25) is 0 Å². The lowest BCUT2D eigenvalue weighted by Gasteiger charge is -2.26. The van der Waals surface area contributed by atoms with Crippen molar-refractivity contribution in [1.29, 1.82) is 0 Å². The van der Waals surface area contributed by atoms with Gasteiger partial charge in [0.15, 0.2) is 11.6 Å². The molecule has 31 heavy (non-hydrogen) atoms. The number of amides is 1. The summed E-state index contributed by atoms with van der Waals surface area (Å²) in [5.41, 5.74) is -0.474. The van der Waals surface area contributed by atoms with Crippen LogP contribution in [0.5, 0.6) is 0 Å². The molecule has 0 unspecified atom stereocenters. The Labute approximate surface area is 193 Å². The van der Waals surface area contributed by atoms with E-state index in [-0.39, 0.29) is 6.54 Å². The van der Waals surface area contributed by atoms with Crippen LogP contribution < -0.4 is 10.6 Å². The van der Waals surface area contributed by atoms with Crippen molar-refractivity contribution >= 4 is 45.8 Å². The van der Waals surface area contributed by atoms with Gasteiger partial charge in [-0.1, -0.05) is 6.42 Å². The van der Waals surface area contributed by atoms with E-state index < -0.39 is 40.3 Å². The number of benzene rings is 2. The predicted molar refractivity (Wildman–Crippen MR) is 123 cm³/mol. The number of carboxylic acid groups (broad SMARTS) is 1. The van der Waals surface area contributed by atoms with Gasteiger partial charge in [0.1, 0.15) is 0 Å². The Morgan fingerprint density at radius 3 is 2.45 bits per heavy atom. The van der Waals surface area contributed by atoms with Gasteiger partial charge < -0.3 is 20.6 Å². The van der Waals surface area contributed by atoms with Gasteiger partial charge in [-0.2, -0.15) is 0 Å². The molecule has 3 N–H and O–H groups in total. The van der Waals surface area contributed by atoms with Crippen LogP contribution in [0.15, 0.2) is 24.3 Å². The topological polar surface area (TPSA) is 81.7 Å². The Morgan fingerprint density at radius 1 is 1.10 bits per heavy atom. The average molecular weight is 543 g/mol. The van der Waals surface area contributed by atoms with Crippen molar-refractivity contribution in [2.24, 2.45) is 0 Å². The zero-order valence-corrected chi connectivity index (χ0v) is 19.3. The molecule has 1 heterocycles. The molecule has 0 spiro atoms. The van der Waals surface area contributed by atoms with Gasteiger partial charge in [-0.15, -0.1) is 0 Å². The van der Waals surface area contributed by atoms with E-state index in [1.54, 1.807) is 19.1 Å². The van der Waals surface area contributed by atoms with Gasteiger partial charge in [-0.3, -0.25) is 4.79 Å². The van der Waals surface area contributed by atoms with E-state index in [2.05, 4.69) is 38.1 Å². The van der Waals surface area contributed by atoms with E-state index in [0.717, 1.165) is 41.1 Å². The number of carbonyl (C=O) groups is 2. The highest BCUT2D eigenvalue weighted by atomic mass is 127. The second kappa shape index (κ2) is 10.4. The number of hydrogen-bond donors (Lipinski definition) is 3. The summed E-state index contributed by atoms with van der Waals surface area (Å²) in [5.74, 6) is -5.09. The largest absolute Gasteiger partial charge is 0.478 e. The second-order valence-corrected chi connectivity index (χ2v) is 8.77. The molecule has 166 valence electrons. The SMILES string of the molecule is Cc1cc(I)ccc1Nc1c(C(=O)O)cc(C(=O)NCCN2CCCCC2)c(F)c1F. The van der Waals surface area contributed by atoms with Crippen LogP contribution in [0.3, 0.4) is 0 Å². The lowest BCUT2D eigenvalue weighted by molar-refractivity contribution is 0.0697. The van der Waals surface area contributed by atoms with E-state index >= 15 is 0 Å². The van der Waals surface area contributed by atoms with Crippen LogP contribution >= 0.6 is 22.6 Å². The minimum Gasteiger partial charge on any atom is -0.478 e.